The molecule has 1 aliphatic heterocycles. The number of hydrogen-bond donors (Lipinski definition) is 6. The summed E-state index contributed by atoms with van der Waals surface area (Å²) in [5.41, 5.74) is -1.38. The van der Waals surface area contributed by atoms with Crippen LogP contribution in [-0.2, 0) is 9.13 Å². The Morgan fingerprint density at radius 1 is 1.32 bits per heavy atom. The Morgan fingerprint density at radius 2 is 1.89 bits per heavy atom. The quantitative estimate of drug-likeness (QED) is 0.314. The molecular formula is C9H21NO6P2S. The number of piperidine rings is 1. The molecule has 0 amide bonds. The van der Waals surface area contributed by atoms with Gasteiger partial charge in [0.25, 0.3) is 0 Å². The van der Waals surface area contributed by atoms with Gasteiger partial charge in [-0.05, 0) is 30.6 Å². The summed E-state index contributed by atoms with van der Waals surface area (Å²) >= 11 is 4.18. The maximum atomic E-state index is 11.5. The Hall–Kier alpha value is 0.610. The first-order valence-corrected chi connectivity index (χ1v) is 10.1. The number of hydrogen-bond acceptors (Lipinski definition) is 4. The molecule has 7 nitrogen and oxygen atoms in total. The lowest BCUT2D eigenvalue weighted by Gasteiger charge is -2.40. The summed E-state index contributed by atoms with van der Waals surface area (Å²) in [5.74, 6) is 0.650. The van der Waals surface area contributed by atoms with E-state index in [1.165, 1.54) is 0 Å². The van der Waals surface area contributed by atoms with Gasteiger partial charge < -0.3 is 24.9 Å². The van der Waals surface area contributed by atoms with Gasteiger partial charge >= 0.3 is 15.2 Å². The molecule has 4 unspecified atom stereocenters. The normalized spacial score (nSPS) is 31.2. The molecule has 0 spiro atoms. The van der Waals surface area contributed by atoms with Crippen molar-refractivity contribution in [3.63, 3.8) is 0 Å². The molecule has 5 N–H and O–H groups in total. The lowest BCUT2D eigenvalue weighted by atomic mass is 9.85. The minimum absolute atomic E-state index is 0.115. The third-order valence-corrected chi connectivity index (χ3v) is 6.41. The van der Waals surface area contributed by atoms with E-state index >= 15 is 0 Å². The summed E-state index contributed by atoms with van der Waals surface area (Å²) in [6.07, 6.45) is -0.0770. The highest BCUT2D eigenvalue weighted by Gasteiger charge is 2.45. The maximum Gasteiger partial charge on any atom is 0.330 e. The zero-order chi connectivity index (χ0) is 14.8. The van der Waals surface area contributed by atoms with Gasteiger partial charge in [-0.3, -0.25) is 9.13 Å². The second-order valence-electron chi connectivity index (χ2n) is 5.22. The van der Waals surface area contributed by atoms with E-state index in [4.69, 9.17) is 9.79 Å². The van der Waals surface area contributed by atoms with Crippen molar-refractivity contribution in [2.24, 2.45) is 11.8 Å². The van der Waals surface area contributed by atoms with Gasteiger partial charge in [0.15, 0.2) is 0 Å². The van der Waals surface area contributed by atoms with Crippen LogP contribution in [0.1, 0.15) is 13.3 Å². The van der Waals surface area contributed by atoms with Crippen molar-refractivity contribution in [2.45, 2.75) is 25.0 Å². The van der Waals surface area contributed by atoms with Crippen LogP contribution in [0.25, 0.3) is 0 Å². The summed E-state index contributed by atoms with van der Waals surface area (Å²) in [4.78, 5) is 36.8. The van der Waals surface area contributed by atoms with Crippen molar-refractivity contribution >= 4 is 27.8 Å². The van der Waals surface area contributed by atoms with E-state index in [1.54, 1.807) is 0 Å². The molecule has 0 aromatic rings. The minimum atomic E-state index is -4.60. The van der Waals surface area contributed by atoms with E-state index in [2.05, 4.69) is 17.9 Å². The van der Waals surface area contributed by atoms with Crippen molar-refractivity contribution in [3.8, 4) is 0 Å². The summed E-state index contributed by atoms with van der Waals surface area (Å²) in [6, 6.07) is -0.623. The molecule has 114 valence electrons. The van der Waals surface area contributed by atoms with Crippen molar-refractivity contribution < 1.29 is 28.7 Å². The minimum Gasteiger partial charge on any atom is -0.324 e. The molecule has 10 heteroatoms. The van der Waals surface area contributed by atoms with Crippen LogP contribution in [0.15, 0.2) is 0 Å². The van der Waals surface area contributed by atoms with Gasteiger partial charge in [0.1, 0.15) is 0 Å². The third-order valence-electron chi connectivity index (χ3n) is 3.42. The van der Waals surface area contributed by atoms with E-state index in [-0.39, 0.29) is 5.92 Å². The van der Waals surface area contributed by atoms with E-state index < -0.39 is 33.1 Å². The Morgan fingerprint density at radius 3 is 2.32 bits per heavy atom. The predicted molar refractivity (Wildman–Crippen MR) is 75.7 cm³/mol. The molecule has 1 aliphatic rings. The van der Waals surface area contributed by atoms with Crippen molar-refractivity contribution in [1.82, 2.24) is 5.32 Å². The van der Waals surface area contributed by atoms with Gasteiger partial charge in [0.05, 0.1) is 11.8 Å². The fourth-order valence-corrected chi connectivity index (χ4v) is 5.91. The molecule has 0 aliphatic carbocycles. The van der Waals surface area contributed by atoms with Gasteiger partial charge in [0.2, 0.25) is 0 Å². The third kappa shape index (κ3) is 5.48. The zero-order valence-corrected chi connectivity index (χ0v) is 13.3. The molecule has 0 aromatic heterocycles. The van der Waals surface area contributed by atoms with E-state index in [0.29, 0.717) is 18.2 Å². The van der Waals surface area contributed by atoms with Crippen LogP contribution in [0.4, 0.5) is 0 Å². The molecular weight excluding hydrogens is 312 g/mol. The Labute approximate surface area is 117 Å². The highest BCUT2D eigenvalue weighted by molar-refractivity contribution is 7.80. The van der Waals surface area contributed by atoms with Gasteiger partial charge in [0, 0.05) is 6.04 Å². The first-order valence-electron chi connectivity index (χ1n) is 5.98. The van der Waals surface area contributed by atoms with Crippen molar-refractivity contribution in [3.05, 3.63) is 0 Å². The monoisotopic (exact) mass is 333 g/mol. The molecule has 0 aromatic carbocycles. The maximum absolute atomic E-state index is 11.5. The highest BCUT2D eigenvalue weighted by Crippen LogP contribution is 2.52. The first-order chi connectivity index (χ1) is 8.54. The van der Waals surface area contributed by atoms with Crippen LogP contribution in [-0.4, -0.2) is 49.7 Å². The fourth-order valence-electron chi connectivity index (χ4n) is 2.56. The predicted octanol–water partition coefficient (Wildman–Crippen LogP) is 0.254. The molecule has 4 atom stereocenters. The fraction of sp³-hybridized carbons (Fsp3) is 1.00. The van der Waals surface area contributed by atoms with Gasteiger partial charge in [-0.15, -0.1) is 0 Å². The Balaban J connectivity index is 2.97. The molecule has 0 saturated carbocycles. The van der Waals surface area contributed by atoms with E-state index in [9.17, 15) is 18.9 Å². The van der Waals surface area contributed by atoms with Gasteiger partial charge in [-0.25, -0.2) is 0 Å². The molecule has 1 rings (SSSR count). The standard InChI is InChI=1S/C9H21NO6P2S/c1-6-2-7(5-19)9(10-3-6)8(18(14,15)16)4-17(11,12)13/h6-10,19H,2-5H2,1H3,(H2,11,12,13)(H2,14,15,16). The van der Waals surface area contributed by atoms with Crippen LogP contribution in [0, 0.1) is 11.8 Å². The molecule has 1 heterocycles. The van der Waals surface area contributed by atoms with Crippen LogP contribution in [0.3, 0.4) is 0 Å². The van der Waals surface area contributed by atoms with Crippen LogP contribution >= 0.6 is 27.8 Å². The van der Waals surface area contributed by atoms with Crippen molar-refractivity contribution in [1.29, 1.82) is 0 Å². The summed E-state index contributed by atoms with van der Waals surface area (Å²) in [6.45, 7) is 2.59. The van der Waals surface area contributed by atoms with Crippen LogP contribution in [0.2, 0.25) is 0 Å². The number of rotatable bonds is 5. The number of thiol groups is 1. The molecule has 1 saturated heterocycles. The number of nitrogens with one attached hydrogen (secondary N) is 1. The SMILES string of the molecule is CC1CNC(C(CP(=O)(O)O)P(=O)(O)O)C(CS)C1. The molecule has 1 fully saturated rings. The van der Waals surface area contributed by atoms with E-state index in [1.807, 2.05) is 6.92 Å². The summed E-state index contributed by atoms with van der Waals surface area (Å²) < 4.78 is 22.6. The van der Waals surface area contributed by atoms with Gasteiger partial charge in [-0.1, -0.05) is 6.92 Å². The summed E-state index contributed by atoms with van der Waals surface area (Å²) in [7, 11) is -9.09. The highest BCUT2D eigenvalue weighted by atomic mass is 32.1. The summed E-state index contributed by atoms with van der Waals surface area (Å²) in [5, 5.41) is 3.01. The van der Waals surface area contributed by atoms with Crippen LogP contribution in [0.5, 0.6) is 0 Å². The lowest BCUT2D eigenvalue weighted by Crippen LogP contribution is -2.52. The topological polar surface area (TPSA) is 127 Å². The molecule has 0 radical (unpaired) electrons. The average molecular weight is 333 g/mol. The lowest BCUT2D eigenvalue weighted by molar-refractivity contribution is 0.227. The largest absolute Gasteiger partial charge is 0.330 e. The second-order valence-corrected chi connectivity index (χ2v) is 9.12. The Bertz CT molecular complexity index is 396. The van der Waals surface area contributed by atoms with Crippen LogP contribution < -0.4 is 5.32 Å². The van der Waals surface area contributed by atoms with Gasteiger partial charge in [-0.2, -0.15) is 12.6 Å². The second kappa shape index (κ2) is 6.58. The first kappa shape index (κ1) is 17.7. The molecule has 0 bridgehead atoms. The smallest absolute Gasteiger partial charge is 0.324 e. The average Bonchev–Trinajstić information content (AvgIpc) is 2.23. The van der Waals surface area contributed by atoms with E-state index in [0.717, 1.165) is 6.42 Å². The zero-order valence-electron chi connectivity index (χ0n) is 10.6. The molecule has 19 heavy (non-hydrogen) atoms. The van der Waals surface area contributed by atoms with Crippen molar-refractivity contribution in [2.75, 3.05) is 18.5 Å². The Kier molecular flexibility index (Phi) is 6.12.